The maximum absolute atomic E-state index is 12.1. The van der Waals surface area contributed by atoms with Crippen LogP contribution in [0.25, 0.3) is 0 Å². The Balaban J connectivity index is 2.69. The van der Waals surface area contributed by atoms with Gasteiger partial charge in [-0.15, -0.1) is 0 Å². The van der Waals surface area contributed by atoms with Gasteiger partial charge in [0.15, 0.2) is 9.84 Å². The molecule has 0 saturated carbocycles. The molecule has 4 heteroatoms. The van der Waals surface area contributed by atoms with Crippen molar-refractivity contribution >= 4 is 9.84 Å². The monoisotopic (exact) mass is 239 g/mol. The fraction of sp³-hybridized carbons (Fsp3) is 0.500. The second kappa shape index (κ2) is 4.18. The zero-order valence-electron chi connectivity index (χ0n) is 9.66. The number of benzene rings is 1. The molecule has 1 atom stereocenters. The number of hydrogen-bond donors (Lipinski definition) is 1. The molecule has 16 heavy (non-hydrogen) atoms. The molecular weight excluding hydrogens is 222 g/mol. The lowest BCUT2D eigenvalue weighted by Crippen LogP contribution is -2.17. The molecule has 1 unspecified atom stereocenters. The first-order chi connectivity index (χ1) is 7.56. The molecule has 1 heterocycles. The van der Waals surface area contributed by atoms with E-state index in [1.807, 2.05) is 32.2 Å². The standard InChI is InChI=1S/C12H17NO2S/c1-9-5-3-6-10-11(13-2)7-4-8-16(14,15)12(9)10/h3,5-6,11,13H,4,7-8H2,1-2H3. The molecule has 2 rings (SSSR count). The first kappa shape index (κ1) is 11.6. The van der Waals surface area contributed by atoms with Gasteiger partial charge < -0.3 is 5.32 Å². The summed E-state index contributed by atoms with van der Waals surface area (Å²) in [6, 6.07) is 5.88. The van der Waals surface area contributed by atoms with Crippen LogP contribution in [0, 0.1) is 6.92 Å². The van der Waals surface area contributed by atoms with E-state index < -0.39 is 9.84 Å². The van der Waals surface area contributed by atoms with Gasteiger partial charge >= 0.3 is 0 Å². The van der Waals surface area contributed by atoms with E-state index >= 15 is 0 Å². The molecule has 0 spiro atoms. The van der Waals surface area contributed by atoms with Crippen LogP contribution < -0.4 is 5.32 Å². The number of rotatable bonds is 1. The van der Waals surface area contributed by atoms with E-state index in [0.717, 1.165) is 24.0 Å². The Morgan fingerprint density at radius 3 is 2.81 bits per heavy atom. The highest BCUT2D eigenvalue weighted by atomic mass is 32.2. The zero-order chi connectivity index (χ0) is 11.8. The van der Waals surface area contributed by atoms with Crippen molar-refractivity contribution in [1.82, 2.24) is 5.32 Å². The van der Waals surface area contributed by atoms with Crippen LogP contribution in [0.2, 0.25) is 0 Å². The molecule has 1 aliphatic heterocycles. The molecule has 0 radical (unpaired) electrons. The maximum Gasteiger partial charge on any atom is 0.178 e. The lowest BCUT2D eigenvalue weighted by molar-refractivity contribution is 0.540. The molecule has 0 saturated heterocycles. The van der Waals surface area contributed by atoms with Crippen molar-refractivity contribution in [2.24, 2.45) is 0 Å². The Labute approximate surface area is 96.8 Å². The van der Waals surface area contributed by atoms with Crippen LogP contribution in [0.4, 0.5) is 0 Å². The van der Waals surface area contributed by atoms with Gasteiger partial charge in [0.05, 0.1) is 10.6 Å². The van der Waals surface area contributed by atoms with Gasteiger partial charge in [0.1, 0.15) is 0 Å². The van der Waals surface area contributed by atoms with Crippen LogP contribution >= 0.6 is 0 Å². The van der Waals surface area contributed by atoms with Gasteiger partial charge in [0, 0.05) is 6.04 Å². The number of nitrogens with one attached hydrogen (secondary N) is 1. The van der Waals surface area contributed by atoms with E-state index in [2.05, 4.69) is 5.32 Å². The maximum atomic E-state index is 12.1. The van der Waals surface area contributed by atoms with Gasteiger partial charge in [-0.3, -0.25) is 0 Å². The second-order valence-corrected chi connectivity index (χ2v) is 6.34. The highest BCUT2D eigenvalue weighted by Gasteiger charge is 2.28. The van der Waals surface area contributed by atoms with E-state index in [4.69, 9.17) is 0 Å². The van der Waals surface area contributed by atoms with E-state index in [0.29, 0.717) is 4.90 Å². The molecule has 0 aliphatic carbocycles. The summed E-state index contributed by atoms with van der Waals surface area (Å²) in [6.45, 7) is 1.87. The van der Waals surface area contributed by atoms with E-state index in [1.54, 1.807) is 0 Å². The topological polar surface area (TPSA) is 46.2 Å². The van der Waals surface area contributed by atoms with Crippen LogP contribution in [0.15, 0.2) is 23.1 Å². The molecular formula is C12H17NO2S. The Kier molecular flexibility index (Phi) is 3.04. The van der Waals surface area contributed by atoms with Crippen LogP contribution in [-0.2, 0) is 9.84 Å². The quantitative estimate of drug-likeness (QED) is 0.813. The Morgan fingerprint density at radius 2 is 2.12 bits per heavy atom. The molecule has 88 valence electrons. The average Bonchev–Trinajstić information content (AvgIpc) is 2.35. The highest BCUT2D eigenvalue weighted by Crippen LogP contribution is 2.32. The number of aryl methyl sites for hydroxylation is 1. The molecule has 1 aromatic rings. The van der Waals surface area contributed by atoms with Crippen molar-refractivity contribution in [2.45, 2.75) is 30.7 Å². The van der Waals surface area contributed by atoms with Gasteiger partial charge in [-0.2, -0.15) is 0 Å². The predicted molar refractivity (Wildman–Crippen MR) is 64.3 cm³/mol. The van der Waals surface area contributed by atoms with E-state index in [9.17, 15) is 8.42 Å². The van der Waals surface area contributed by atoms with Gasteiger partial charge in [0.2, 0.25) is 0 Å². The van der Waals surface area contributed by atoms with Gasteiger partial charge in [-0.1, -0.05) is 18.2 Å². The minimum absolute atomic E-state index is 0.159. The first-order valence-electron chi connectivity index (χ1n) is 5.56. The first-order valence-corrected chi connectivity index (χ1v) is 7.21. The predicted octanol–water partition coefficient (Wildman–Crippen LogP) is 1.82. The minimum atomic E-state index is -3.09. The van der Waals surface area contributed by atoms with Crippen LogP contribution in [0.3, 0.4) is 0 Å². The van der Waals surface area contributed by atoms with Gasteiger partial charge in [-0.05, 0) is 37.9 Å². The van der Waals surface area contributed by atoms with Gasteiger partial charge in [0.25, 0.3) is 0 Å². The number of hydrogen-bond acceptors (Lipinski definition) is 3. The van der Waals surface area contributed by atoms with Crippen molar-refractivity contribution < 1.29 is 8.42 Å². The van der Waals surface area contributed by atoms with Crippen LogP contribution in [-0.4, -0.2) is 21.2 Å². The summed E-state index contributed by atoms with van der Waals surface area (Å²) in [5.41, 5.74) is 1.79. The van der Waals surface area contributed by atoms with E-state index in [-0.39, 0.29) is 11.8 Å². The van der Waals surface area contributed by atoms with E-state index in [1.165, 1.54) is 0 Å². The third kappa shape index (κ3) is 1.87. The highest BCUT2D eigenvalue weighted by molar-refractivity contribution is 7.91. The summed E-state index contributed by atoms with van der Waals surface area (Å²) < 4.78 is 24.3. The molecule has 0 aromatic heterocycles. The fourth-order valence-electron chi connectivity index (χ4n) is 2.41. The SMILES string of the molecule is CNC1CCCS(=O)(=O)c2c(C)cccc21. The third-order valence-corrected chi connectivity index (χ3v) is 5.19. The summed E-state index contributed by atoms with van der Waals surface area (Å²) in [4.78, 5) is 0.548. The Bertz CT molecular complexity index is 494. The Hall–Kier alpha value is -0.870. The number of sulfone groups is 1. The molecule has 0 bridgehead atoms. The molecule has 0 amide bonds. The van der Waals surface area contributed by atoms with Gasteiger partial charge in [-0.25, -0.2) is 8.42 Å². The van der Waals surface area contributed by atoms with Crippen molar-refractivity contribution in [1.29, 1.82) is 0 Å². The largest absolute Gasteiger partial charge is 0.313 e. The second-order valence-electron chi connectivity index (χ2n) is 4.30. The molecule has 3 nitrogen and oxygen atoms in total. The van der Waals surface area contributed by atoms with Crippen LogP contribution in [0.5, 0.6) is 0 Å². The van der Waals surface area contributed by atoms with Crippen molar-refractivity contribution in [3.8, 4) is 0 Å². The van der Waals surface area contributed by atoms with Crippen LogP contribution in [0.1, 0.15) is 30.0 Å². The average molecular weight is 239 g/mol. The molecule has 1 N–H and O–H groups in total. The molecule has 1 aromatic carbocycles. The molecule has 1 aliphatic rings. The van der Waals surface area contributed by atoms with Crippen molar-refractivity contribution in [3.63, 3.8) is 0 Å². The minimum Gasteiger partial charge on any atom is -0.313 e. The third-order valence-electron chi connectivity index (χ3n) is 3.18. The summed E-state index contributed by atoms with van der Waals surface area (Å²) >= 11 is 0. The summed E-state index contributed by atoms with van der Waals surface area (Å²) in [7, 11) is -1.21. The summed E-state index contributed by atoms with van der Waals surface area (Å²) in [5.74, 6) is 0.267. The summed E-state index contributed by atoms with van der Waals surface area (Å²) in [6.07, 6.45) is 1.61. The van der Waals surface area contributed by atoms with Crippen molar-refractivity contribution in [3.05, 3.63) is 29.3 Å². The Morgan fingerprint density at radius 1 is 1.38 bits per heavy atom. The fourth-order valence-corrected chi connectivity index (χ4v) is 4.29. The van der Waals surface area contributed by atoms with Crippen molar-refractivity contribution in [2.75, 3.05) is 12.8 Å². The summed E-state index contributed by atoms with van der Waals surface area (Å²) in [5, 5.41) is 3.20. The smallest absolute Gasteiger partial charge is 0.178 e. The lowest BCUT2D eigenvalue weighted by Gasteiger charge is -2.17. The zero-order valence-corrected chi connectivity index (χ0v) is 10.5. The molecule has 0 fully saturated rings. The normalized spacial score (nSPS) is 23.5. The lowest BCUT2D eigenvalue weighted by atomic mass is 10.0. The number of fused-ring (bicyclic) bond motifs is 1.